The summed E-state index contributed by atoms with van der Waals surface area (Å²) >= 11 is 1.07. The summed E-state index contributed by atoms with van der Waals surface area (Å²) in [6, 6.07) is 7.75. The zero-order valence-corrected chi connectivity index (χ0v) is 16.3. The Hall–Kier alpha value is -3.05. The quantitative estimate of drug-likeness (QED) is 0.591. The first-order chi connectivity index (χ1) is 12.6. The molecule has 0 atom stereocenters. The molecule has 1 heterocycles. The Morgan fingerprint density at radius 2 is 1.93 bits per heavy atom. The van der Waals surface area contributed by atoms with E-state index in [1.54, 1.807) is 45.9 Å². The van der Waals surface area contributed by atoms with E-state index in [0.717, 1.165) is 11.3 Å². The second kappa shape index (κ2) is 7.68. The van der Waals surface area contributed by atoms with E-state index >= 15 is 0 Å². The molecule has 0 saturated heterocycles. The lowest BCUT2D eigenvalue weighted by Gasteiger charge is -2.15. The predicted molar refractivity (Wildman–Crippen MR) is 104 cm³/mol. The molecule has 0 aliphatic carbocycles. The number of carbonyl (C=O) groups is 1. The van der Waals surface area contributed by atoms with E-state index in [0.29, 0.717) is 21.3 Å². The van der Waals surface area contributed by atoms with Gasteiger partial charge >= 0.3 is 0 Å². The molecule has 0 unspecified atom stereocenters. The number of thiazole rings is 1. The predicted octanol–water partition coefficient (Wildman–Crippen LogP) is 1.96. The highest BCUT2D eigenvalue weighted by atomic mass is 32.1. The molecule has 0 saturated carbocycles. The number of ketones is 1. The molecule has 1 aromatic heterocycles. The van der Waals surface area contributed by atoms with Crippen LogP contribution < -0.4 is 14.8 Å². The van der Waals surface area contributed by atoms with Gasteiger partial charge in [-0.1, -0.05) is 20.8 Å². The third-order valence-corrected chi connectivity index (χ3v) is 4.99. The number of benzene rings is 1. The highest BCUT2D eigenvalue weighted by Gasteiger charge is 2.27. The number of aromatic nitrogens is 1. The first-order valence-corrected chi connectivity index (χ1v) is 9.06. The van der Waals surface area contributed by atoms with Crippen molar-refractivity contribution in [3.8, 4) is 6.07 Å². The lowest BCUT2D eigenvalue weighted by atomic mass is 9.87. The van der Waals surface area contributed by atoms with Crippen LogP contribution in [0.25, 0.3) is 11.6 Å². The molecular formula is C19H19N3O4S. The second-order valence-corrected chi connectivity index (χ2v) is 7.91. The molecule has 0 bridgehead atoms. The summed E-state index contributed by atoms with van der Waals surface area (Å²) in [6.45, 7) is 7.25. The Balaban J connectivity index is 2.74. The van der Waals surface area contributed by atoms with Gasteiger partial charge < -0.3 is 0 Å². The second-order valence-electron chi connectivity index (χ2n) is 6.88. The van der Waals surface area contributed by atoms with Crippen molar-refractivity contribution in [2.75, 3.05) is 0 Å². The molecule has 2 aromatic rings. The van der Waals surface area contributed by atoms with Crippen LogP contribution in [-0.4, -0.2) is 15.3 Å². The normalized spacial score (nSPS) is 13.2. The first-order valence-electron chi connectivity index (χ1n) is 8.25. The van der Waals surface area contributed by atoms with E-state index < -0.39 is 10.3 Å². The molecular weight excluding hydrogens is 366 g/mol. The smallest absolute Gasteiger partial charge is 0.269 e. The van der Waals surface area contributed by atoms with Gasteiger partial charge in [-0.25, -0.2) is 0 Å². The van der Waals surface area contributed by atoms with Gasteiger partial charge in [0.2, 0.25) is 0 Å². The van der Waals surface area contributed by atoms with Gasteiger partial charge in [0.05, 0.1) is 9.46 Å². The number of nitro benzene ring substituents is 1. The topological polar surface area (TPSA) is 106 Å². The van der Waals surface area contributed by atoms with Crippen LogP contribution in [0.1, 0.15) is 33.3 Å². The molecule has 0 aliphatic rings. The number of hydrogen-bond acceptors (Lipinski definition) is 6. The maximum atomic E-state index is 12.7. The molecule has 0 spiro atoms. The number of rotatable bonds is 4. The van der Waals surface area contributed by atoms with Crippen LogP contribution in [-0.2, 0) is 11.3 Å². The molecule has 1 aromatic carbocycles. The minimum atomic E-state index is -0.744. The summed E-state index contributed by atoms with van der Waals surface area (Å²) < 4.78 is 2.10. The molecule has 27 heavy (non-hydrogen) atoms. The number of non-ortho nitro benzene ring substituents is 1. The third kappa shape index (κ3) is 4.20. The third-order valence-electron chi connectivity index (χ3n) is 3.86. The summed E-state index contributed by atoms with van der Waals surface area (Å²) in [5.74, 6) is -0.324. The average molecular weight is 385 g/mol. The van der Waals surface area contributed by atoms with Crippen molar-refractivity contribution >= 4 is 34.5 Å². The van der Waals surface area contributed by atoms with Gasteiger partial charge in [0, 0.05) is 24.1 Å². The van der Waals surface area contributed by atoms with Crippen LogP contribution in [0, 0.1) is 26.9 Å². The molecule has 0 fully saturated rings. The molecule has 140 valence electrons. The van der Waals surface area contributed by atoms with Crippen molar-refractivity contribution in [1.82, 2.24) is 4.57 Å². The Morgan fingerprint density at radius 3 is 2.37 bits per heavy atom. The number of nitrogens with zero attached hydrogens (tertiary/aromatic N) is 3. The standard InChI is InChI=1S/C19H19N3O4S/c1-5-21-17(24)15(10-12-6-8-13(9-7-12)22(25)26)27-18(21)14(11-20)16(23)19(2,3)4/h6-10H,5H2,1-4H3. The fourth-order valence-electron chi connectivity index (χ4n) is 2.41. The van der Waals surface area contributed by atoms with E-state index in [9.17, 15) is 25.0 Å². The molecule has 0 radical (unpaired) electrons. The summed E-state index contributed by atoms with van der Waals surface area (Å²) in [4.78, 5) is 35.5. The number of nitriles is 1. The molecule has 0 N–H and O–H groups in total. The average Bonchev–Trinajstić information content (AvgIpc) is 2.90. The summed E-state index contributed by atoms with van der Waals surface area (Å²) in [5.41, 5.74) is -0.498. The minimum absolute atomic E-state index is 0.0326. The Kier molecular flexibility index (Phi) is 5.76. The van der Waals surface area contributed by atoms with Crippen molar-refractivity contribution in [1.29, 1.82) is 5.26 Å². The van der Waals surface area contributed by atoms with Crippen LogP contribution in [0.2, 0.25) is 0 Å². The SMILES string of the molecule is CCn1c(=C(C#N)C(=O)C(C)(C)C)sc(=Cc2ccc([N+](=O)[O-])cc2)c1=O. The van der Waals surface area contributed by atoms with Crippen LogP contribution in [0.3, 0.4) is 0 Å². The molecule has 0 aliphatic heterocycles. The number of nitro groups is 1. The van der Waals surface area contributed by atoms with Crippen LogP contribution in [0.5, 0.6) is 0 Å². The minimum Gasteiger partial charge on any atom is -0.298 e. The zero-order chi connectivity index (χ0) is 20.4. The van der Waals surface area contributed by atoms with Crippen molar-refractivity contribution in [2.45, 2.75) is 34.2 Å². The number of hydrogen-bond donors (Lipinski definition) is 0. The molecule has 2 rings (SSSR count). The maximum Gasteiger partial charge on any atom is 0.269 e. The van der Waals surface area contributed by atoms with Gasteiger partial charge in [-0.3, -0.25) is 24.3 Å². The van der Waals surface area contributed by atoms with E-state index in [-0.39, 0.29) is 22.6 Å². The maximum absolute atomic E-state index is 12.7. The Labute approximate surface area is 159 Å². The monoisotopic (exact) mass is 385 g/mol. The van der Waals surface area contributed by atoms with E-state index in [1.165, 1.54) is 16.7 Å². The molecule has 8 heteroatoms. The Morgan fingerprint density at radius 1 is 1.33 bits per heavy atom. The highest BCUT2D eigenvalue weighted by molar-refractivity contribution is 7.07. The fourth-order valence-corrected chi connectivity index (χ4v) is 3.57. The van der Waals surface area contributed by atoms with Crippen LogP contribution in [0.15, 0.2) is 29.1 Å². The van der Waals surface area contributed by atoms with Crippen LogP contribution in [0.4, 0.5) is 5.69 Å². The zero-order valence-electron chi connectivity index (χ0n) is 15.5. The lowest BCUT2D eigenvalue weighted by molar-refractivity contribution is -0.384. The summed E-state index contributed by atoms with van der Waals surface area (Å²) in [7, 11) is 0. The van der Waals surface area contributed by atoms with Crippen molar-refractivity contribution in [3.63, 3.8) is 0 Å². The highest BCUT2D eigenvalue weighted by Crippen LogP contribution is 2.19. The Bertz CT molecular complexity index is 1110. The van der Waals surface area contributed by atoms with Crippen LogP contribution >= 0.6 is 11.3 Å². The number of carbonyl (C=O) groups excluding carboxylic acids is 1. The largest absolute Gasteiger partial charge is 0.298 e. The van der Waals surface area contributed by atoms with Gasteiger partial charge in [-0.15, -0.1) is 11.3 Å². The van der Waals surface area contributed by atoms with E-state index in [1.807, 2.05) is 6.07 Å². The first kappa shape index (κ1) is 20.3. The van der Waals surface area contributed by atoms with E-state index in [4.69, 9.17) is 0 Å². The molecule has 7 nitrogen and oxygen atoms in total. The fraction of sp³-hybridized carbons (Fsp3) is 0.316. The summed E-state index contributed by atoms with van der Waals surface area (Å²) in [5, 5.41) is 20.3. The van der Waals surface area contributed by atoms with Crippen molar-refractivity contribution in [3.05, 3.63) is 59.5 Å². The van der Waals surface area contributed by atoms with Gasteiger partial charge in [-0.2, -0.15) is 5.26 Å². The van der Waals surface area contributed by atoms with Gasteiger partial charge in [-0.05, 0) is 30.7 Å². The van der Waals surface area contributed by atoms with Crippen molar-refractivity contribution < 1.29 is 9.72 Å². The van der Waals surface area contributed by atoms with Gasteiger partial charge in [0.15, 0.2) is 5.78 Å². The molecule has 0 amide bonds. The lowest BCUT2D eigenvalue weighted by Crippen LogP contribution is -2.33. The summed E-state index contributed by atoms with van der Waals surface area (Å²) in [6.07, 6.45) is 1.60. The number of Topliss-reactive ketones (excluding diaryl/α,β-unsaturated/α-hetero) is 1. The van der Waals surface area contributed by atoms with Gasteiger partial charge in [0.1, 0.15) is 16.3 Å². The van der Waals surface area contributed by atoms with E-state index in [2.05, 4.69) is 0 Å². The van der Waals surface area contributed by atoms with Gasteiger partial charge in [0.25, 0.3) is 11.2 Å². The van der Waals surface area contributed by atoms with Crippen molar-refractivity contribution in [2.24, 2.45) is 5.41 Å².